The van der Waals surface area contributed by atoms with Gasteiger partial charge in [-0.15, -0.1) is 0 Å². The van der Waals surface area contributed by atoms with Gasteiger partial charge in [-0.25, -0.2) is 4.39 Å². The lowest BCUT2D eigenvalue weighted by Crippen LogP contribution is -2.27. The molecule has 1 saturated heterocycles. The quantitative estimate of drug-likeness (QED) is 0.909. The van der Waals surface area contributed by atoms with Crippen LogP contribution in [0.25, 0.3) is 0 Å². The molecule has 1 N–H and O–H groups in total. The number of aliphatic carboxylic acids is 1. The summed E-state index contributed by atoms with van der Waals surface area (Å²) in [6.07, 6.45) is 0.608. The predicted octanol–water partition coefficient (Wildman–Crippen LogP) is 2.30. The monoisotopic (exact) mass is 267 g/mol. The van der Waals surface area contributed by atoms with Gasteiger partial charge < -0.3 is 9.84 Å². The minimum Gasteiger partial charge on any atom is -0.496 e. The molecule has 1 aliphatic heterocycles. The van der Waals surface area contributed by atoms with Crippen LogP contribution in [-0.4, -0.2) is 36.2 Å². The van der Waals surface area contributed by atoms with Crippen LogP contribution in [0.3, 0.4) is 0 Å². The summed E-state index contributed by atoms with van der Waals surface area (Å²) in [4.78, 5) is 13.0. The molecule has 0 amide bonds. The zero-order valence-corrected chi connectivity index (χ0v) is 11.1. The van der Waals surface area contributed by atoms with Crippen LogP contribution in [0.5, 0.6) is 5.75 Å². The van der Waals surface area contributed by atoms with E-state index < -0.39 is 5.97 Å². The van der Waals surface area contributed by atoms with Crippen LogP contribution in [0.2, 0.25) is 0 Å². The van der Waals surface area contributed by atoms with Gasteiger partial charge in [-0.2, -0.15) is 0 Å². The van der Waals surface area contributed by atoms with E-state index in [2.05, 4.69) is 0 Å². The Labute approximate surface area is 111 Å². The van der Waals surface area contributed by atoms with Crippen molar-refractivity contribution in [3.05, 3.63) is 29.6 Å². The molecule has 1 heterocycles. The third-order valence-corrected chi connectivity index (χ3v) is 3.77. The number of rotatable bonds is 4. The van der Waals surface area contributed by atoms with Gasteiger partial charge in [0.25, 0.3) is 0 Å². The Bertz CT molecular complexity index is 478. The summed E-state index contributed by atoms with van der Waals surface area (Å²) >= 11 is 0. The average Bonchev–Trinajstić information content (AvgIpc) is 2.87. The summed E-state index contributed by atoms with van der Waals surface area (Å²) in [5, 5.41) is 9.01. The molecule has 4 nitrogen and oxygen atoms in total. The lowest BCUT2D eigenvalue weighted by molar-refractivity contribution is -0.141. The lowest BCUT2D eigenvalue weighted by Gasteiger charge is -2.26. The SMILES string of the molecule is COc1cccc(F)c1C(C)N1CCC(C(=O)O)C1. The third kappa shape index (κ3) is 2.71. The highest BCUT2D eigenvalue weighted by atomic mass is 19.1. The first-order valence-corrected chi connectivity index (χ1v) is 6.33. The largest absolute Gasteiger partial charge is 0.496 e. The maximum Gasteiger partial charge on any atom is 0.307 e. The molecule has 104 valence electrons. The summed E-state index contributed by atoms with van der Waals surface area (Å²) in [7, 11) is 1.51. The number of ether oxygens (including phenoxy) is 1. The summed E-state index contributed by atoms with van der Waals surface area (Å²) < 4.78 is 19.2. The molecule has 0 aromatic heterocycles. The van der Waals surface area contributed by atoms with Crippen LogP contribution in [0.4, 0.5) is 4.39 Å². The summed E-state index contributed by atoms with van der Waals surface area (Å²) in [6, 6.07) is 4.54. The van der Waals surface area contributed by atoms with Crippen LogP contribution in [0.1, 0.15) is 24.9 Å². The molecule has 0 bridgehead atoms. The predicted molar refractivity (Wildman–Crippen MR) is 68.7 cm³/mol. The fraction of sp³-hybridized carbons (Fsp3) is 0.500. The number of likely N-dealkylation sites (tertiary alicyclic amines) is 1. The van der Waals surface area contributed by atoms with Crippen LogP contribution < -0.4 is 4.74 Å². The molecule has 2 unspecified atom stereocenters. The van der Waals surface area contributed by atoms with Gasteiger partial charge >= 0.3 is 5.97 Å². The second-order valence-corrected chi connectivity index (χ2v) is 4.85. The van der Waals surface area contributed by atoms with E-state index in [4.69, 9.17) is 9.84 Å². The van der Waals surface area contributed by atoms with Crippen LogP contribution in [0, 0.1) is 11.7 Å². The number of carboxylic acid groups (broad SMARTS) is 1. The molecule has 2 rings (SSSR count). The zero-order chi connectivity index (χ0) is 14.0. The van der Waals surface area contributed by atoms with Crippen LogP contribution >= 0.6 is 0 Å². The highest BCUT2D eigenvalue weighted by Crippen LogP contribution is 2.34. The van der Waals surface area contributed by atoms with E-state index in [0.717, 1.165) is 0 Å². The van der Waals surface area contributed by atoms with E-state index in [9.17, 15) is 9.18 Å². The second kappa shape index (κ2) is 5.57. The first-order chi connectivity index (χ1) is 9.04. The van der Waals surface area contributed by atoms with Gasteiger partial charge in [0, 0.05) is 18.2 Å². The van der Waals surface area contributed by atoms with Crippen LogP contribution in [0.15, 0.2) is 18.2 Å². The van der Waals surface area contributed by atoms with Crippen molar-refractivity contribution in [3.8, 4) is 5.75 Å². The van der Waals surface area contributed by atoms with Crippen molar-refractivity contribution >= 4 is 5.97 Å². The number of benzene rings is 1. The summed E-state index contributed by atoms with van der Waals surface area (Å²) in [5.41, 5.74) is 0.496. The molecular formula is C14H18FNO3. The van der Waals surface area contributed by atoms with Crippen molar-refractivity contribution in [2.24, 2.45) is 5.92 Å². The summed E-state index contributed by atoms with van der Waals surface area (Å²) in [5.74, 6) is -0.952. The Kier molecular flexibility index (Phi) is 4.04. The highest BCUT2D eigenvalue weighted by molar-refractivity contribution is 5.70. The van der Waals surface area contributed by atoms with E-state index in [-0.39, 0.29) is 17.8 Å². The number of carboxylic acids is 1. The number of carbonyl (C=O) groups is 1. The fourth-order valence-electron chi connectivity index (χ4n) is 2.62. The van der Waals surface area contributed by atoms with E-state index in [0.29, 0.717) is 30.8 Å². The zero-order valence-electron chi connectivity index (χ0n) is 11.1. The summed E-state index contributed by atoms with van der Waals surface area (Å²) in [6.45, 7) is 2.99. The van der Waals surface area contributed by atoms with Crippen molar-refractivity contribution < 1.29 is 19.0 Å². The molecule has 1 aromatic rings. The smallest absolute Gasteiger partial charge is 0.307 e. The van der Waals surface area contributed by atoms with Gasteiger partial charge in [0.15, 0.2) is 0 Å². The molecule has 19 heavy (non-hydrogen) atoms. The Hall–Kier alpha value is -1.62. The van der Waals surface area contributed by atoms with E-state index >= 15 is 0 Å². The number of methoxy groups -OCH3 is 1. The minimum atomic E-state index is -0.782. The van der Waals surface area contributed by atoms with Crippen molar-refractivity contribution in [1.82, 2.24) is 4.90 Å². The molecular weight excluding hydrogens is 249 g/mol. The van der Waals surface area contributed by atoms with Gasteiger partial charge in [-0.05, 0) is 32.0 Å². The molecule has 0 spiro atoms. The number of hydrogen-bond acceptors (Lipinski definition) is 3. The van der Waals surface area contributed by atoms with Crippen molar-refractivity contribution in [1.29, 1.82) is 0 Å². The maximum atomic E-state index is 14.0. The molecule has 1 fully saturated rings. The molecule has 2 atom stereocenters. The van der Waals surface area contributed by atoms with Gasteiger partial charge in [0.1, 0.15) is 11.6 Å². The molecule has 0 saturated carbocycles. The normalized spacial score (nSPS) is 21.3. The Morgan fingerprint density at radius 2 is 2.32 bits per heavy atom. The molecule has 1 aromatic carbocycles. The average molecular weight is 267 g/mol. The van der Waals surface area contributed by atoms with Gasteiger partial charge in [0.2, 0.25) is 0 Å². The maximum absolute atomic E-state index is 14.0. The van der Waals surface area contributed by atoms with E-state index in [1.807, 2.05) is 11.8 Å². The second-order valence-electron chi connectivity index (χ2n) is 4.85. The first kappa shape index (κ1) is 13.8. The van der Waals surface area contributed by atoms with Crippen molar-refractivity contribution in [2.45, 2.75) is 19.4 Å². The first-order valence-electron chi connectivity index (χ1n) is 6.33. The van der Waals surface area contributed by atoms with Crippen molar-refractivity contribution in [2.75, 3.05) is 20.2 Å². The Morgan fingerprint density at radius 1 is 1.58 bits per heavy atom. The molecule has 0 radical (unpaired) electrons. The number of nitrogens with zero attached hydrogens (tertiary/aromatic N) is 1. The fourth-order valence-corrected chi connectivity index (χ4v) is 2.62. The van der Waals surface area contributed by atoms with E-state index in [1.54, 1.807) is 12.1 Å². The Morgan fingerprint density at radius 3 is 2.89 bits per heavy atom. The highest BCUT2D eigenvalue weighted by Gasteiger charge is 2.32. The molecule has 5 heteroatoms. The minimum absolute atomic E-state index is 0.194. The lowest BCUT2D eigenvalue weighted by atomic mass is 10.0. The van der Waals surface area contributed by atoms with Gasteiger partial charge in [-0.3, -0.25) is 9.69 Å². The topological polar surface area (TPSA) is 49.8 Å². The third-order valence-electron chi connectivity index (χ3n) is 3.77. The molecule has 0 aliphatic carbocycles. The number of halogens is 1. The standard InChI is InChI=1S/C14H18FNO3/c1-9(16-7-6-10(8-16)14(17)18)13-11(15)4-3-5-12(13)19-2/h3-5,9-10H,6-8H2,1-2H3,(H,17,18). The van der Waals surface area contributed by atoms with E-state index in [1.165, 1.54) is 13.2 Å². The van der Waals surface area contributed by atoms with Crippen LogP contribution in [-0.2, 0) is 4.79 Å². The molecule has 1 aliphatic rings. The number of hydrogen-bond donors (Lipinski definition) is 1. The van der Waals surface area contributed by atoms with Gasteiger partial charge in [0.05, 0.1) is 13.0 Å². The van der Waals surface area contributed by atoms with Gasteiger partial charge in [-0.1, -0.05) is 6.07 Å². The Balaban J connectivity index is 2.21. The van der Waals surface area contributed by atoms with Crippen molar-refractivity contribution in [3.63, 3.8) is 0 Å².